The van der Waals surface area contributed by atoms with Gasteiger partial charge in [-0.25, -0.2) is 9.78 Å². The predicted octanol–water partition coefficient (Wildman–Crippen LogP) is 4.44. The highest BCUT2D eigenvalue weighted by Crippen LogP contribution is 2.25. The number of carbonyl (C=O) groups excluding carboxylic acids is 2. The van der Waals surface area contributed by atoms with Gasteiger partial charge < -0.3 is 20.1 Å². The topological polar surface area (TPSA) is 122 Å². The molecule has 0 atom stereocenters. The Morgan fingerprint density at radius 1 is 0.939 bits per heavy atom. The van der Waals surface area contributed by atoms with Gasteiger partial charge in [0.15, 0.2) is 0 Å². The summed E-state index contributed by atoms with van der Waals surface area (Å²) < 4.78 is 1.51. The summed E-state index contributed by atoms with van der Waals surface area (Å²) in [5.41, 5.74) is 1.41. The van der Waals surface area contributed by atoms with E-state index < -0.39 is 10.8 Å². The Balaban J connectivity index is 1.42. The highest BCUT2D eigenvalue weighted by atomic mass is 16.6. The summed E-state index contributed by atoms with van der Waals surface area (Å²) in [6.45, 7) is 1.51. The summed E-state index contributed by atoms with van der Waals surface area (Å²) in [6.07, 6.45) is 8.88. The highest BCUT2D eigenvalue weighted by molar-refractivity contribution is 6.05. The van der Waals surface area contributed by atoms with Gasteiger partial charge >= 0.3 is 6.03 Å². The minimum absolute atomic E-state index is 0.126. The zero-order chi connectivity index (χ0) is 23.2. The number of nitro benzene ring substituents is 1. The summed E-state index contributed by atoms with van der Waals surface area (Å²) >= 11 is 0. The van der Waals surface area contributed by atoms with Crippen molar-refractivity contribution in [1.29, 1.82) is 0 Å². The lowest BCUT2D eigenvalue weighted by Gasteiger charge is -2.20. The first-order chi connectivity index (χ1) is 16.0. The molecule has 10 heteroatoms. The normalized spacial score (nSPS) is 13.8. The van der Waals surface area contributed by atoms with Gasteiger partial charge in [0.1, 0.15) is 5.69 Å². The molecule has 1 aliphatic rings. The fourth-order valence-corrected chi connectivity index (χ4v) is 3.75. The molecule has 170 valence electrons. The maximum atomic E-state index is 12.7. The number of nitrogens with zero attached hydrogens (tertiary/aromatic N) is 4. The lowest BCUT2D eigenvalue weighted by atomic mass is 10.1. The number of benzene rings is 2. The molecular formula is C23H24N6O4. The van der Waals surface area contributed by atoms with Crippen LogP contribution in [0.25, 0.3) is 5.69 Å². The first-order valence-corrected chi connectivity index (χ1v) is 10.8. The third-order valence-electron chi connectivity index (χ3n) is 5.50. The van der Waals surface area contributed by atoms with Crippen molar-refractivity contribution < 1.29 is 14.5 Å². The number of hydrogen-bond acceptors (Lipinski definition) is 5. The van der Waals surface area contributed by atoms with Crippen molar-refractivity contribution in [3.05, 3.63) is 76.9 Å². The number of imidazole rings is 1. The van der Waals surface area contributed by atoms with Crippen molar-refractivity contribution in [2.45, 2.75) is 25.7 Å². The second-order valence-electron chi connectivity index (χ2n) is 7.79. The number of nitrogens with one attached hydrogen (secondary N) is 2. The summed E-state index contributed by atoms with van der Waals surface area (Å²) in [7, 11) is 0. The van der Waals surface area contributed by atoms with Crippen LogP contribution in [0, 0.1) is 10.1 Å². The average Bonchev–Trinajstić information content (AvgIpc) is 3.21. The van der Waals surface area contributed by atoms with Gasteiger partial charge in [-0.3, -0.25) is 14.9 Å². The third kappa shape index (κ3) is 5.35. The Morgan fingerprint density at radius 2 is 1.61 bits per heavy atom. The van der Waals surface area contributed by atoms with E-state index >= 15 is 0 Å². The Kier molecular flexibility index (Phi) is 6.63. The van der Waals surface area contributed by atoms with Crippen LogP contribution in [-0.4, -0.2) is 44.4 Å². The Bertz CT molecular complexity index is 1140. The van der Waals surface area contributed by atoms with Crippen molar-refractivity contribution >= 4 is 29.0 Å². The number of hydrogen-bond donors (Lipinski definition) is 2. The maximum Gasteiger partial charge on any atom is 0.321 e. The second-order valence-corrected chi connectivity index (χ2v) is 7.79. The van der Waals surface area contributed by atoms with Crippen LogP contribution in [0.2, 0.25) is 0 Å². The van der Waals surface area contributed by atoms with E-state index in [2.05, 4.69) is 15.6 Å². The number of nitro groups is 1. The molecule has 10 nitrogen and oxygen atoms in total. The molecule has 1 aromatic heterocycles. The molecule has 3 amide bonds. The smallest absolute Gasteiger partial charge is 0.321 e. The minimum atomic E-state index is -0.534. The molecular weight excluding hydrogens is 424 g/mol. The standard InChI is InChI=1S/C23H24N6O4/c30-22(17-5-10-20(21(15-17)29(32)33)28-14-11-24-16-28)25-18-6-8-19(9-7-18)26-23(31)27-12-3-1-2-4-13-27/h5-11,14-16H,1-4,12-13H2,(H,25,30)(H,26,31). The number of anilines is 2. The number of aromatic nitrogens is 2. The molecule has 2 heterocycles. The lowest BCUT2D eigenvalue weighted by Crippen LogP contribution is -2.35. The van der Waals surface area contributed by atoms with Crippen LogP contribution in [0.4, 0.5) is 21.9 Å². The van der Waals surface area contributed by atoms with E-state index in [9.17, 15) is 19.7 Å². The van der Waals surface area contributed by atoms with E-state index in [4.69, 9.17) is 0 Å². The van der Waals surface area contributed by atoms with Gasteiger partial charge in [0, 0.05) is 48.5 Å². The molecule has 0 spiro atoms. The van der Waals surface area contributed by atoms with Gasteiger partial charge in [-0.1, -0.05) is 12.8 Å². The minimum Gasteiger partial charge on any atom is -0.325 e. The van der Waals surface area contributed by atoms with Crippen molar-refractivity contribution in [1.82, 2.24) is 14.5 Å². The third-order valence-corrected chi connectivity index (χ3v) is 5.50. The maximum absolute atomic E-state index is 12.7. The van der Waals surface area contributed by atoms with Crippen LogP contribution in [0.1, 0.15) is 36.0 Å². The Hall–Kier alpha value is -4.21. The van der Waals surface area contributed by atoms with Crippen molar-refractivity contribution in [2.24, 2.45) is 0 Å². The fraction of sp³-hybridized carbons (Fsp3) is 0.261. The van der Waals surface area contributed by atoms with Gasteiger partial charge in [0.2, 0.25) is 0 Å². The average molecular weight is 448 g/mol. The predicted molar refractivity (Wildman–Crippen MR) is 124 cm³/mol. The largest absolute Gasteiger partial charge is 0.325 e. The molecule has 0 saturated carbocycles. The molecule has 2 N–H and O–H groups in total. The quantitative estimate of drug-likeness (QED) is 0.441. The van der Waals surface area contributed by atoms with E-state index in [1.807, 2.05) is 4.90 Å². The van der Waals surface area contributed by atoms with Gasteiger partial charge in [0.05, 0.1) is 11.3 Å². The van der Waals surface area contributed by atoms with Gasteiger partial charge in [-0.05, 0) is 49.2 Å². The molecule has 33 heavy (non-hydrogen) atoms. The number of likely N-dealkylation sites (tertiary alicyclic amines) is 1. The van der Waals surface area contributed by atoms with Crippen LogP contribution >= 0.6 is 0 Å². The van der Waals surface area contributed by atoms with Crippen LogP contribution in [0.15, 0.2) is 61.2 Å². The summed E-state index contributed by atoms with van der Waals surface area (Å²) in [5.74, 6) is -0.475. The first kappa shape index (κ1) is 22.0. The number of rotatable bonds is 5. The molecule has 0 bridgehead atoms. The first-order valence-electron chi connectivity index (χ1n) is 10.8. The lowest BCUT2D eigenvalue weighted by molar-refractivity contribution is -0.384. The fourth-order valence-electron chi connectivity index (χ4n) is 3.75. The monoisotopic (exact) mass is 448 g/mol. The van der Waals surface area contributed by atoms with Crippen molar-refractivity contribution in [3.8, 4) is 5.69 Å². The van der Waals surface area contributed by atoms with Gasteiger partial charge in [0.25, 0.3) is 11.6 Å². The number of amides is 3. The molecule has 1 aliphatic heterocycles. The van der Waals surface area contributed by atoms with Crippen molar-refractivity contribution in [3.63, 3.8) is 0 Å². The van der Waals surface area contributed by atoms with Crippen LogP contribution in [0.3, 0.4) is 0 Å². The zero-order valence-corrected chi connectivity index (χ0v) is 17.9. The SMILES string of the molecule is O=C(Nc1ccc(NC(=O)N2CCCCCC2)cc1)c1ccc(-n2ccnc2)c([N+](=O)[O-])c1. The summed E-state index contributed by atoms with van der Waals surface area (Å²) in [6, 6.07) is 10.9. The van der Waals surface area contributed by atoms with E-state index in [0.29, 0.717) is 17.1 Å². The zero-order valence-electron chi connectivity index (χ0n) is 17.9. The van der Waals surface area contributed by atoms with E-state index in [1.165, 1.54) is 35.3 Å². The molecule has 0 radical (unpaired) electrons. The summed E-state index contributed by atoms with van der Waals surface area (Å²) in [5, 5.41) is 17.1. The van der Waals surface area contributed by atoms with E-state index in [1.54, 1.807) is 30.5 Å². The molecule has 2 aromatic carbocycles. The number of urea groups is 1. The second kappa shape index (κ2) is 9.94. The number of carbonyl (C=O) groups is 2. The van der Waals surface area contributed by atoms with Crippen molar-refractivity contribution in [2.75, 3.05) is 23.7 Å². The van der Waals surface area contributed by atoms with Gasteiger partial charge in [-0.2, -0.15) is 0 Å². The summed E-state index contributed by atoms with van der Waals surface area (Å²) in [4.78, 5) is 41.8. The van der Waals surface area contributed by atoms with Crippen LogP contribution in [0.5, 0.6) is 0 Å². The molecule has 0 unspecified atom stereocenters. The van der Waals surface area contributed by atoms with Gasteiger partial charge in [-0.15, -0.1) is 0 Å². The van der Waals surface area contributed by atoms with Crippen LogP contribution in [-0.2, 0) is 0 Å². The van der Waals surface area contributed by atoms with E-state index in [-0.39, 0.29) is 17.3 Å². The molecule has 1 saturated heterocycles. The Morgan fingerprint density at radius 3 is 2.21 bits per heavy atom. The van der Waals surface area contributed by atoms with Crippen LogP contribution < -0.4 is 10.6 Å². The van der Waals surface area contributed by atoms with E-state index in [0.717, 1.165) is 38.8 Å². The molecule has 0 aliphatic carbocycles. The molecule has 4 rings (SSSR count). The molecule has 1 fully saturated rings. The Labute approximate surface area is 190 Å². The molecule has 3 aromatic rings. The highest BCUT2D eigenvalue weighted by Gasteiger charge is 2.19.